The van der Waals surface area contributed by atoms with Crippen LogP contribution in [0.1, 0.15) is 15.5 Å². The van der Waals surface area contributed by atoms with Crippen molar-refractivity contribution < 1.29 is 9.53 Å². The number of halogens is 2. The van der Waals surface area contributed by atoms with Crippen molar-refractivity contribution in [3.63, 3.8) is 0 Å². The van der Waals surface area contributed by atoms with Crippen LogP contribution in [-0.2, 0) is 6.61 Å². The van der Waals surface area contributed by atoms with E-state index in [9.17, 15) is 4.79 Å². The maximum Gasteiger partial charge on any atom is 0.267 e. The molecule has 10 heteroatoms. The predicted molar refractivity (Wildman–Crippen MR) is 112 cm³/mol. The van der Waals surface area contributed by atoms with Crippen LogP contribution in [0.5, 0.6) is 5.75 Å². The van der Waals surface area contributed by atoms with Crippen molar-refractivity contribution in [2.45, 2.75) is 6.61 Å². The second kappa shape index (κ2) is 8.20. The molecule has 0 aliphatic rings. The van der Waals surface area contributed by atoms with Crippen LogP contribution in [-0.4, -0.2) is 25.7 Å². The van der Waals surface area contributed by atoms with Gasteiger partial charge in [-0.05, 0) is 36.4 Å². The number of carbonyl (C=O) groups excluding carboxylic acids is 1. The summed E-state index contributed by atoms with van der Waals surface area (Å²) in [6.45, 7) is 0.231. The highest BCUT2D eigenvalue weighted by molar-refractivity contribution is 7.14. The van der Waals surface area contributed by atoms with Crippen molar-refractivity contribution >= 4 is 40.4 Å². The summed E-state index contributed by atoms with van der Waals surface area (Å²) in [5.41, 5.74) is 6.29. The number of para-hydroxylation sites is 1. The van der Waals surface area contributed by atoms with E-state index in [1.165, 1.54) is 17.5 Å². The van der Waals surface area contributed by atoms with Crippen LogP contribution in [0.3, 0.4) is 0 Å². The number of nitrogens with two attached hydrogens (primary N) is 1. The molecule has 0 aliphatic heterocycles. The number of imidazole rings is 1. The maximum absolute atomic E-state index is 11.9. The molecule has 29 heavy (non-hydrogen) atoms. The first-order valence-electron chi connectivity index (χ1n) is 8.36. The summed E-state index contributed by atoms with van der Waals surface area (Å²) in [6.07, 6.45) is 1.40. The highest BCUT2D eigenvalue weighted by Crippen LogP contribution is 2.30. The average Bonchev–Trinajstić information content (AvgIpc) is 3.35. The van der Waals surface area contributed by atoms with Gasteiger partial charge in [0.15, 0.2) is 15.8 Å². The number of rotatable bonds is 6. The zero-order valence-corrected chi connectivity index (χ0v) is 17.1. The highest BCUT2D eigenvalue weighted by Gasteiger charge is 2.21. The molecule has 2 heterocycles. The third-order valence-corrected chi connectivity index (χ3v) is 5.41. The summed E-state index contributed by atoms with van der Waals surface area (Å²) < 4.78 is 7.28. The normalized spacial score (nSPS) is 10.8. The van der Waals surface area contributed by atoms with Gasteiger partial charge < -0.3 is 10.5 Å². The molecule has 4 aromatic rings. The Morgan fingerprint density at radius 1 is 1.10 bits per heavy atom. The van der Waals surface area contributed by atoms with Gasteiger partial charge in [-0.2, -0.15) is 0 Å². The molecule has 0 aliphatic carbocycles. The second-order valence-corrected chi connectivity index (χ2v) is 7.77. The highest BCUT2D eigenvalue weighted by atomic mass is 35.5. The number of aromatic nitrogens is 4. The molecule has 146 valence electrons. The molecule has 2 N–H and O–H groups in total. The Balaban J connectivity index is 1.65. The third-order valence-electron chi connectivity index (χ3n) is 3.94. The van der Waals surface area contributed by atoms with Crippen molar-refractivity contribution in [2.24, 2.45) is 5.73 Å². The van der Waals surface area contributed by atoms with Gasteiger partial charge in [0.2, 0.25) is 0 Å². The van der Waals surface area contributed by atoms with E-state index in [0.29, 0.717) is 37.3 Å². The van der Waals surface area contributed by atoms with E-state index in [0.717, 1.165) is 0 Å². The van der Waals surface area contributed by atoms with Crippen LogP contribution in [0.2, 0.25) is 10.0 Å². The number of benzene rings is 2. The van der Waals surface area contributed by atoms with Gasteiger partial charge in [-0.25, -0.2) is 4.98 Å². The van der Waals surface area contributed by atoms with Crippen molar-refractivity contribution in [1.82, 2.24) is 19.7 Å². The van der Waals surface area contributed by atoms with E-state index in [1.54, 1.807) is 53.1 Å². The van der Waals surface area contributed by atoms with Crippen LogP contribution in [0, 0.1) is 0 Å². The van der Waals surface area contributed by atoms with Crippen LogP contribution in [0.15, 0.2) is 54.7 Å². The third kappa shape index (κ3) is 4.09. The molecule has 0 unspecified atom stereocenters. The molecule has 0 saturated heterocycles. The summed E-state index contributed by atoms with van der Waals surface area (Å²) >= 11 is 13.5. The number of hydrogen-bond acceptors (Lipinski definition) is 6. The molecule has 4 rings (SSSR count). The van der Waals surface area contributed by atoms with Crippen LogP contribution in [0.25, 0.3) is 16.5 Å². The fourth-order valence-corrected chi connectivity index (χ4v) is 3.72. The predicted octanol–water partition coefficient (Wildman–Crippen LogP) is 4.38. The summed E-state index contributed by atoms with van der Waals surface area (Å²) in [7, 11) is 0. The van der Waals surface area contributed by atoms with E-state index in [-0.39, 0.29) is 12.3 Å². The Kier molecular flexibility index (Phi) is 5.48. The van der Waals surface area contributed by atoms with Crippen LogP contribution < -0.4 is 10.5 Å². The molecule has 0 radical (unpaired) electrons. The molecule has 2 aromatic heterocycles. The molecule has 0 spiro atoms. The standard InChI is InChI=1S/C19H13Cl2N5O2S/c20-11-5-7-12(8-6-11)28-10-16-24-25-19(29-16)18-23-9-15(17(22)27)26(18)14-4-2-1-3-13(14)21/h1-9H,10H2,(H2,22,27). The fraction of sp³-hybridized carbons (Fsp3) is 0.0526. The number of hydrogen-bond donors (Lipinski definition) is 1. The Bertz CT molecular complexity index is 1170. The van der Waals surface area contributed by atoms with Gasteiger partial charge in [0, 0.05) is 5.02 Å². The second-order valence-electron chi connectivity index (χ2n) is 5.86. The van der Waals surface area contributed by atoms with E-state index in [2.05, 4.69) is 15.2 Å². The quantitative estimate of drug-likeness (QED) is 0.474. The van der Waals surface area contributed by atoms with Gasteiger partial charge in [-0.3, -0.25) is 9.36 Å². The summed E-state index contributed by atoms with van der Waals surface area (Å²) in [6, 6.07) is 14.1. The van der Waals surface area contributed by atoms with Gasteiger partial charge in [0.1, 0.15) is 18.1 Å². The van der Waals surface area contributed by atoms with E-state index in [1.807, 2.05) is 0 Å². The van der Waals surface area contributed by atoms with Crippen molar-refractivity contribution in [1.29, 1.82) is 0 Å². The van der Waals surface area contributed by atoms with Gasteiger partial charge in [-0.15, -0.1) is 10.2 Å². The molecule has 0 atom stereocenters. The zero-order chi connectivity index (χ0) is 20.4. The lowest BCUT2D eigenvalue weighted by Gasteiger charge is -2.10. The molecular weight excluding hydrogens is 433 g/mol. The van der Waals surface area contributed by atoms with Gasteiger partial charge >= 0.3 is 0 Å². The lowest BCUT2D eigenvalue weighted by Crippen LogP contribution is -2.16. The van der Waals surface area contributed by atoms with Crippen molar-refractivity contribution in [2.75, 3.05) is 0 Å². The number of nitrogens with zero attached hydrogens (tertiary/aromatic N) is 4. The minimum Gasteiger partial charge on any atom is -0.486 e. The Hall–Kier alpha value is -2.94. The minimum atomic E-state index is -0.625. The average molecular weight is 446 g/mol. The minimum absolute atomic E-state index is 0.197. The molecule has 0 bridgehead atoms. The molecule has 0 fully saturated rings. The first-order valence-corrected chi connectivity index (χ1v) is 9.94. The Morgan fingerprint density at radius 3 is 2.59 bits per heavy atom. The number of carbonyl (C=O) groups is 1. The van der Waals surface area contributed by atoms with Crippen molar-refractivity contribution in [3.8, 4) is 22.3 Å². The summed E-state index contributed by atoms with van der Waals surface area (Å²) in [5.74, 6) is 0.460. The Labute approximate surface area is 179 Å². The van der Waals surface area contributed by atoms with Gasteiger partial charge in [0.25, 0.3) is 5.91 Å². The monoisotopic (exact) mass is 445 g/mol. The summed E-state index contributed by atoms with van der Waals surface area (Å²) in [5, 5.41) is 10.6. The SMILES string of the molecule is NC(=O)c1cnc(-c2nnc(COc3ccc(Cl)cc3)s2)n1-c1ccccc1Cl. The first kappa shape index (κ1) is 19.4. The van der Waals surface area contributed by atoms with E-state index < -0.39 is 5.91 Å². The lowest BCUT2D eigenvalue weighted by atomic mass is 10.3. The molecular formula is C19H13Cl2N5O2S. The van der Waals surface area contributed by atoms with Gasteiger partial charge in [-0.1, -0.05) is 46.7 Å². The Morgan fingerprint density at radius 2 is 1.86 bits per heavy atom. The van der Waals surface area contributed by atoms with Crippen molar-refractivity contribution in [3.05, 3.63) is 75.5 Å². The molecule has 1 amide bonds. The van der Waals surface area contributed by atoms with E-state index in [4.69, 9.17) is 33.7 Å². The first-order chi connectivity index (χ1) is 14.0. The van der Waals surface area contributed by atoms with Crippen LogP contribution in [0.4, 0.5) is 0 Å². The maximum atomic E-state index is 11.9. The summed E-state index contributed by atoms with van der Waals surface area (Å²) in [4.78, 5) is 16.2. The van der Waals surface area contributed by atoms with E-state index >= 15 is 0 Å². The number of ether oxygens (including phenoxy) is 1. The molecule has 0 saturated carbocycles. The largest absolute Gasteiger partial charge is 0.486 e. The smallest absolute Gasteiger partial charge is 0.267 e. The molecule has 7 nitrogen and oxygen atoms in total. The number of primary amides is 1. The van der Waals surface area contributed by atoms with Crippen LogP contribution >= 0.6 is 34.5 Å². The molecule has 2 aromatic carbocycles. The zero-order valence-electron chi connectivity index (χ0n) is 14.8. The van der Waals surface area contributed by atoms with Gasteiger partial charge in [0.05, 0.1) is 16.9 Å². The fourth-order valence-electron chi connectivity index (χ4n) is 2.63. The lowest BCUT2D eigenvalue weighted by molar-refractivity contribution is 0.0994. The topological polar surface area (TPSA) is 95.9 Å². The number of amides is 1.